The van der Waals surface area contributed by atoms with E-state index in [9.17, 15) is 4.79 Å². The van der Waals surface area contributed by atoms with Gasteiger partial charge in [0, 0.05) is 10.2 Å². The maximum Gasteiger partial charge on any atom is 0.339 e. The molecule has 1 rings (SSSR count). The van der Waals surface area contributed by atoms with Gasteiger partial charge in [0.25, 0.3) is 0 Å². The van der Waals surface area contributed by atoms with Crippen molar-refractivity contribution >= 4 is 27.6 Å². The Morgan fingerprint density at radius 2 is 2.18 bits per heavy atom. The van der Waals surface area contributed by atoms with Crippen molar-refractivity contribution in [3.8, 4) is 0 Å². The van der Waals surface area contributed by atoms with Gasteiger partial charge in [0.2, 0.25) is 0 Å². The van der Waals surface area contributed by atoms with Crippen LogP contribution in [-0.2, 0) is 4.74 Å². The average molecular weight is 300 g/mol. The fourth-order valence-electron chi connectivity index (χ4n) is 1.43. The molecule has 17 heavy (non-hydrogen) atoms. The fraction of sp³-hybridized carbons (Fsp3) is 0.462. The lowest BCUT2D eigenvalue weighted by Crippen LogP contribution is -2.08. The van der Waals surface area contributed by atoms with Crippen molar-refractivity contribution in [2.45, 2.75) is 26.7 Å². The molecular formula is C13H18BrNO2. The molecule has 0 aromatic heterocycles. The Balaban J connectivity index is 2.49. The molecule has 3 nitrogen and oxygen atoms in total. The lowest BCUT2D eigenvalue weighted by molar-refractivity contribution is 0.0493. The van der Waals surface area contributed by atoms with Crippen LogP contribution < -0.4 is 5.73 Å². The van der Waals surface area contributed by atoms with E-state index in [1.54, 1.807) is 18.2 Å². The summed E-state index contributed by atoms with van der Waals surface area (Å²) >= 11 is 3.31. The van der Waals surface area contributed by atoms with Gasteiger partial charge in [-0.2, -0.15) is 0 Å². The van der Waals surface area contributed by atoms with Gasteiger partial charge < -0.3 is 10.5 Å². The van der Waals surface area contributed by atoms with Crippen LogP contribution in [0, 0.1) is 5.92 Å². The Labute approximate surface area is 110 Å². The minimum Gasteiger partial charge on any atom is -0.462 e. The number of esters is 1. The zero-order valence-electron chi connectivity index (χ0n) is 10.2. The van der Waals surface area contributed by atoms with Crippen molar-refractivity contribution in [2.24, 2.45) is 5.92 Å². The summed E-state index contributed by atoms with van der Waals surface area (Å²) in [5.41, 5.74) is 6.67. The molecule has 0 atom stereocenters. The molecule has 0 aliphatic carbocycles. The Bertz CT molecular complexity index is 391. The summed E-state index contributed by atoms with van der Waals surface area (Å²) in [6, 6.07) is 5.11. The molecule has 0 heterocycles. The van der Waals surface area contributed by atoms with E-state index >= 15 is 0 Å². The highest BCUT2D eigenvalue weighted by Gasteiger charge is 2.11. The molecule has 0 aliphatic rings. The second kappa shape index (κ2) is 6.64. The Morgan fingerprint density at radius 1 is 1.47 bits per heavy atom. The van der Waals surface area contributed by atoms with E-state index in [0.717, 1.165) is 12.8 Å². The van der Waals surface area contributed by atoms with Gasteiger partial charge in [-0.05, 0) is 52.9 Å². The van der Waals surface area contributed by atoms with Crippen molar-refractivity contribution in [3.63, 3.8) is 0 Å². The van der Waals surface area contributed by atoms with Crippen LogP contribution in [0.25, 0.3) is 0 Å². The average Bonchev–Trinajstić information content (AvgIpc) is 2.27. The van der Waals surface area contributed by atoms with E-state index in [4.69, 9.17) is 10.5 Å². The van der Waals surface area contributed by atoms with Crippen LogP contribution in [-0.4, -0.2) is 12.6 Å². The molecular weight excluding hydrogens is 282 g/mol. The van der Waals surface area contributed by atoms with Gasteiger partial charge in [0.05, 0.1) is 12.2 Å². The van der Waals surface area contributed by atoms with E-state index in [0.29, 0.717) is 28.2 Å². The normalized spacial score (nSPS) is 10.6. The van der Waals surface area contributed by atoms with E-state index in [1.165, 1.54) is 0 Å². The van der Waals surface area contributed by atoms with Gasteiger partial charge in [-0.1, -0.05) is 13.8 Å². The van der Waals surface area contributed by atoms with Gasteiger partial charge >= 0.3 is 5.97 Å². The molecule has 0 aliphatic heterocycles. The van der Waals surface area contributed by atoms with E-state index in [-0.39, 0.29) is 5.97 Å². The van der Waals surface area contributed by atoms with Gasteiger partial charge in [-0.15, -0.1) is 0 Å². The summed E-state index contributed by atoms with van der Waals surface area (Å²) in [6.45, 7) is 4.75. The first-order valence-electron chi connectivity index (χ1n) is 5.73. The van der Waals surface area contributed by atoms with Gasteiger partial charge in [-0.3, -0.25) is 0 Å². The minimum atomic E-state index is -0.326. The molecule has 0 unspecified atom stereocenters. The molecule has 0 radical (unpaired) electrons. The third-order valence-electron chi connectivity index (χ3n) is 2.37. The van der Waals surface area contributed by atoms with E-state index in [2.05, 4.69) is 29.8 Å². The summed E-state index contributed by atoms with van der Waals surface area (Å²) < 4.78 is 5.90. The quantitative estimate of drug-likeness (QED) is 0.513. The number of nitrogen functional groups attached to an aromatic ring is 1. The molecule has 0 amide bonds. The molecule has 4 heteroatoms. The molecule has 94 valence electrons. The fourth-order valence-corrected chi connectivity index (χ4v) is 1.84. The number of ether oxygens (including phenoxy) is 1. The number of nitrogens with two attached hydrogens (primary N) is 1. The molecule has 0 bridgehead atoms. The summed E-state index contributed by atoms with van der Waals surface area (Å²) in [5.74, 6) is 0.306. The van der Waals surface area contributed by atoms with E-state index in [1.807, 2.05) is 0 Å². The van der Waals surface area contributed by atoms with Crippen LogP contribution in [0.5, 0.6) is 0 Å². The SMILES string of the molecule is CC(C)CCCOC(=O)c1cc(N)ccc1Br. The van der Waals surface area contributed by atoms with Crippen LogP contribution in [0.3, 0.4) is 0 Å². The predicted molar refractivity (Wildman–Crippen MR) is 72.9 cm³/mol. The standard InChI is InChI=1S/C13H18BrNO2/c1-9(2)4-3-7-17-13(16)11-8-10(15)5-6-12(11)14/h5-6,8-9H,3-4,7,15H2,1-2H3. The third kappa shape index (κ3) is 4.77. The Hall–Kier alpha value is -1.03. The maximum absolute atomic E-state index is 11.8. The summed E-state index contributed by atoms with van der Waals surface area (Å²) in [7, 11) is 0. The van der Waals surface area contributed by atoms with Crippen molar-refractivity contribution < 1.29 is 9.53 Å². The van der Waals surface area contributed by atoms with E-state index < -0.39 is 0 Å². The highest BCUT2D eigenvalue weighted by atomic mass is 79.9. The topological polar surface area (TPSA) is 52.3 Å². The molecule has 1 aromatic rings. The monoisotopic (exact) mass is 299 g/mol. The van der Waals surface area contributed by atoms with Crippen molar-refractivity contribution in [2.75, 3.05) is 12.3 Å². The molecule has 0 saturated heterocycles. The minimum absolute atomic E-state index is 0.326. The number of rotatable bonds is 5. The number of anilines is 1. The highest BCUT2D eigenvalue weighted by molar-refractivity contribution is 9.10. The van der Waals surface area contributed by atoms with Gasteiger partial charge in [-0.25, -0.2) is 4.79 Å². The largest absolute Gasteiger partial charge is 0.462 e. The van der Waals surface area contributed by atoms with Crippen LogP contribution in [0.2, 0.25) is 0 Å². The lowest BCUT2D eigenvalue weighted by atomic mass is 10.1. The smallest absolute Gasteiger partial charge is 0.339 e. The van der Waals surface area contributed by atoms with Crippen molar-refractivity contribution in [1.82, 2.24) is 0 Å². The third-order valence-corrected chi connectivity index (χ3v) is 3.06. The van der Waals surface area contributed by atoms with Crippen LogP contribution in [0.1, 0.15) is 37.0 Å². The molecule has 0 saturated carbocycles. The number of carbonyl (C=O) groups is 1. The highest BCUT2D eigenvalue weighted by Crippen LogP contribution is 2.20. The number of halogens is 1. The van der Waals surface area contributed by atoms with Crippen molar-refractivity contribution in [1.29, 1.82) is 0 Å². The zero-order chi connectivity index (χ0) is 12.8. The first kappa shape index (κ1) is 14.0. The van der Waals surface area contributed by atoms with Crippen LogP contribution >= 0.6 is 15.9 Å². The second-order valence-electron chi connectivity index (χ2n) is 4.41. The molecule has 0 spiro atoms. The number of hydrogen-bond donors (Lipinski definition) is 1. The van der Waals surface area contributed by atoms with Gasteiger partial charge in [0.1, 0.15) is 0 Å². The Morgan fingerprint density at radius 3 is 2.82 bits per heavy atom. The zero-order valence-corrected chi connectivity index (χ0v) is 11.8. The number of carbonyl (C=O) groups excluding carboxylic acids is 1. The summed E-state index contributed by atoms with van der Waals surface area (Å²) in [6.07, 6.45) is 1.95. The number of benzene rings is 1. The second-order valence-corrected chi connectivity index (χ2v) is 5.27. The first-order valence-corrected chi connectivity index (χ1v) is 6.52. The molecule has 0 fully saturated rings. The number of hydrogen-bond acceptors (Lipinski definition) is 3. The summed E-state index contributed by atoms with van der Waals surface area (Å²) in [4.78, 5) is 11.8. The van der Waals surface area contributed by atoms with Gasteiger partial charge in [0.15, 0.2) is 0 Å². The lowest BCUT2D eigenvalue weighted by Gasteiger charge is -2.08. The molecule has 1 aromatic carbocycles. The first-order chi connectivity index (χ1) is 8.00. The van der Waals surface area contributed by atoms with Crippen LogP contribution in [0.4, 0.5) is 5.69 Å². The maximum atomic E-state index is 11.8. The Kier molecular flexibility index (Phi) is 5.48. The van der Waals surface area contributed by atoms with Crippen LogP contribution in [0.15, 0.2) is 22.7 Å². The van der Waals surface area contributed by atoms with Crippen molar-refractivity contribution in [3.05, 3.63) is 28.2 Å². The summed E-state index contributed by atoms with van der Waals surface area (Å²) in [5, 5.41) is 0. The molecule has 2 N–H and O–H groups in total. The predicted octanol–water partition coefficient (Wildman–Crippen LogP) is 3.62.